The molecule has 1 saturated heterocycles. The highest BCUT2D eigenvalue weighted by Gasteiger charge is 2.19. The van der Waals surface area contributed by atoms with Crippen molar-refractivity contribution in [2.75, 3.05) is 36.4 Å². The normalized spacial score (nSPS) is 14.3. The number of aryl methyl sites for hydroxylation is 1. The van der Waals surface area contributed by atoms with Crippen molar-refractivity contribution in [3.05, 3.63) is 42.9 Å². The standard InChI is InChI=1S/C21H23N9O/c1-14(31)29-9-11-30(12-10-29)16-5-3-15(4-6-16)24-19-18-17(13-23-27-18)25-20(26-19)21-22-7-8-28(21)2/h3-8,13H,9-12H2,1-2H3,(H,23,27)(H,24,25,26). The number of carbonyl (C=O) groups excluding carboxylic acids is 1. The van der Waals surface area contributed by atoms with Crippen LogP contribution in [0.25, 0.3) is 22.7 Å². The summed E-state index contributed by atoms with van der Waals surface area (Å²) in [5, 5.41) is 10.5. The predicted octanol–water partition coefficient (Wildman–Crippen LogP) is 2.17. The number of rotatable bonds is 4. The maximum absolute atomic E-state index is 11.5. The van der Waals surface area contributed by atoms with E-state index in [0.717, 1.165) is 48.6 Å². The number of benzene rings is 1. The van der Waals surface area contributed by atoms with Crippen molar-refractivity contribution in [1.29, 1.82) is 0 Å². The molecule has 1 aliphatic rings. The van der Waals surface area contributed by atoms with Crippen LogP contribution in [0.2, 0.25) is 0 Å². The summed E-state index contributed by atoms with van der Waals surface area (Å²) >= 11 is 0. The number of anilines is 3. The first-order valence-electron chi connectivity index (χ1n) is 10.1. The van der Waals surface area contributed by atoms with E-state index in [4.69, 9.17) is 0 Å². The average molecular weight is 417 g/mol. The molecule has 4 aromatic rings. The van der Waals surface area contributed by atoms with E-state index in [1.165, 1.54) is 0 Å². The van der Waals surface area contributed by atoms with E-state index < -0.39 is 0 Å². The van der Waals surface area contributed by atoms with Gasteiger partial charge < -0.3 is 19.7 Å². The van der Waals surface area contributed by atoms with E-state index in [0.29, 0.717) is 17.5 Å². The Balaban J connectivity index is 1.37. The second-order valence-corrected chi connectivity index (χ2v) is 7.55. The fraction of sp³-hybridized carbons (Fsp3) is 0.286. The highest BCUT2D eigenvalue weighted by molar-refractivity contribution is 5.88. The Morgan fingerprint density at radius 2 is 1.87 bits per heavy atom. The molecule has 31 heavy (non-hydrogen) atoms. The minimum atomic E-state index is 0.138. The first-order valence-corrected chi connectivity index (χ1v) is 10.1. The highest BCUT2D eigenvalue weighted by Crippen LogP contribution is 2.26. The van der Waals surface area contributed by atoms with Crippen LogP contribution in [-0.4, -0.2) is 66.7 Å². The molecule has 3 aromatic heterocycles. The molecule has 4 heterocycles. The van der Waals surface area contributed by atoms with E-state index in [1.807, 2.05) is 34.8 Å². The zero-order chi connectivity index (χ0) is 21.4. The Hall–Kier alpha value is -3.95. The maximum atomic E-state index is 11.5. The molecule has 2 N–H and O–H groups in total. The van der Waals surface area contributed by atoms with E-state index in [2.05, 4.69) is 47.5 Å². The van der Waals surface area contributed by atoms with Gasteiger partial charge in [-0.1, -0.05) is 0 Å². The zero-order valence-electron chi connectivity index (χ0n) is 17.4. The lowest BCUT2D eigenvalue weighted by molar-refractivity contribution is -0.129. The Morgan fingerprint density at radius 3 is 2.55 bits per heavy atom. The molecular formula is C21H23N9O. The number of aromatic amines is 1. The Morgan fingerprint density at radius 1 is 1.10 bits per heavy atom. The zero-order valence-corrected chi connectivity index (χ0v) is 17.4. The number of imidazole rings is 1. The minimum absolute atomic E-state index is 0.138. The fourth-order valence-corrected chi connectivity index (χ4v) is 3.78. The molecule has 0 bridgehead atoms. The number of fused-ring (bicyclic) bond motifs is 1. The van der Waals surface area contributed by atoms with E-state index >= 15 is 0 Å². The molecule has 5 rings (SSSR count). The van der Waals surface area contributed by atoms with Gasteiger partial charge in [-0.25, -0.2) is 15.0 Å². The topological polar surface area (TPSA) is 108 Å². The van der Waals surface area contributed by atoms with Crippen LogP contribution in [0, 0.1) is 0 Å². The molecule has 0 unspecified atom stereocenters. The van der Waals surface area contributed by atoms with Crippen LogP contribution >= 0.6 is 0 Å². The molecular weight excluding hydrogens is 394 g/mol. The van der Waals surface area contributed by atoms with Crippen molar-refractivity contribution >= 4 is 34.1 Å². The molecule has 1 amide bonds. The smallest absolute Gasteiger partial charge is 0.219 e. The van der Waals surface area contributed by atoms with Crippen molar-refractivity contribution in [1.82, 2.24) is 34.6 Å². The number of amides is 1. The first kappa shape index (κ1) is 19.0. The van der Waals surface area contributed by atoms with Crippen LogP contribution in [0.5, 0.6) is 0 Å². The predicted molar refractivity (Wildman–Crippen MR) is 118 cm³/mol. The van der Waals surface area contributed by atoms with Crippen molar-refractivity contribution in [2.24, 2.45) is 7.05 Å². The van der Waals surface area contributed by atoms with Crippen LogP contribution in [0.4, 0.5) is 17.2 Å². The van der Waals surface area contributed by atoms with Gasteiger partial charge in [0.25, 0.3) is 0 Å². The Bertz CT molecular complexity index is 1220. The second-order valence-electron chi connectivity index (χ2n) is 7.55. The van der Waals surface area contributed by atoms with Gasteiger partial charge in [0.2, 0.25) is 5.91 Å². The number of nitrogens with zero attached hydrogens (tertiary/aromatic N) is 7. The summed E-state index contributed by atoms with van der Waals surface area (Å²) in [4.78, 5) is 29.3. The Kier molecular flexibility index (Phi) is 4.73. The minimum Gasteiger partial charge on any atom is -0.368 e. The second kappa shape index (κ2) is 7.71. The van der Waals surface area contributed by atoms with Gasteiger partial charge in [-0.3, -0.25) is 9.89 Å². The number of carbonyl (C=O) groups is 1. The van der Waals surface area contributed by atoms with Gasteiger partial charge in [0.1, 0.15) is 11.0 Å². The van der Waals surface area contributed by atoms with Crippen molar-refractivity contribution < 1.29 is 4.79 Å². The van der Waals surface area contributed by atoms with Gasteiger partial charge in [-0.15, -0.1) is 0 Å². The van der Waals surface area contributed by atoms with Crippen LogP contribution in [0.1, 0.15) is 6.92 Å². The first-order chi connectivity index (χ1) is 15.1. The molecule has 0 aliphatic carbocycles. The molecule has 1 aliphatic heterocycles. The number of nitrogens with one attached hydrogen (secondary N) is 2. The number of piperazine rings is 1. The van der Waals surface area contributed by atoms with Crippen molar-refractivity contribution in [3.8, 4) is 11.6 Å². The summed E-state index contributed by atoms with van der Waals surface area (Å²) in [5.41, 5.74) is 3.50. The molecule has 0 radical (unpaired) electrons. The van der Waals surface area contributed by atoms with Crippen LogP contribution in [-0.2, 0) is 11.8 Å². The van der Waals surface area contributed by atoms with Gasteiger partial charge in [0, 0.05) is 63.9 Å². The third-order valence-electron chi connectivity index (χ3n) is 5.54. The quantitative estimate of drug-likeness (QED) is 0.524. The van der Waals surface area contributed by atoms with Crippen molar-refractivity contribution in [3.63, 3.8) is 0 Å². The van der Waals surface area contributed by atoms with Gasteiger partial charge in [-0.05, 0) is 24.3 Å². The molecule has 0 atom stereocenters. The molecule has 0 spiro atoms. The molecule has 10 heteroatoms. The lowest BCUT2D eigenvalue weighted by Crippen LogP contribution is -2.48. The summed E-state index contributed by atoms with van der Waals surface area (Å²) in [6.45, 7) is 4.80. The fourth-order valence-electron chi connectivity index (χ4n) is 3.78. The third kappa shape index (κ3) is 3.67. The number of hydrogen-bond acceptors (Lipinski definition) is 7. The van der Waals surface area contributed by atoms with Gasteiger partial charge >= 0.3 is 0 Å². The SMILES string of the molecule is CC(=O)N1CCN(c2ccc(Nc3nc(-c4nccn4C)nc4cn[nH]c34)cc2)CC1. The van der Waals surface area contributed by atoms with Crippen LogP contribution in [0.15, 0.2) is 42.9 Å². The molecule has 1 aromatic carbocycles. The number of H-pyrrole nitrogens is 1. The lowest BCUT2D eigenvalue weighted by Gasteiger charge is -2.35. The van der Waals surface area contributed by atoms with Gasteiger partial charge in [0.05, 0.1) is 6.20 Å². The van der Waals surface area contributed by atoms with E-state index in [-0.39, 0.29) is 5.91 Å². The molecule has 1 fully saturated rings. The summed E-state index contributed by atoms with van der Waals surface area (Å²) in [6.07, 6.45) is 5.26. The van der Waals surface area contributed by atoms with Crippen molar-refractivity contribution in [2.45, 2.75) is 6.92 Å². The maximum Gasteiger partial charge on any atom is 0.219 e. The van der Waals surface area contributed by atoms with Gasteiger partial charge in [0.15, 0.2) is 17.5 Å². The highest BCUT2D eigenvalue weighted by atomic mass is 16.2. The third-order valence-corrected chi connectivity index (χ3v) is 5.54. The summed E-state index contributed by atoms with van der Waals surface area (Å²) < 4.78 is 1.88. The molecule has 10 nitrogen and oxygen atoms in total. The van der Waals surface area contributed by atoms with Gasteiger partial charge in [-0.2, -0.15) is 5.10 Å². The van der Waals surface area contributed by atoms with E-state index in [9.17, 15) is 4.79 Å². The molecule has 158 valence electrons. The Labute approximate surface area is 178 Å². The largest absolute Gasteiger partial charge is 0.368 e. The summed E-state index contributed by atoms with van der Waals surface area (Å²) in [7, 11) is 1.91. The average Bonchev–Trinajstić information content (AvgIpc) is 3.43. The summed E-state index contributed by atoms with van der Waals surface area (Å²) in [6, 6.07) is 8.21. The molecule has 0 saturated carbocycles. The number of aromatic nitrogens is 6. The number of hydrogen-bond donors (Lipinski definition) is 2. The van der Waals surface area contributed by atoms with E-state index in [1.54, 1.807) is 19.3 Å². The van der Waals surface area contributed by atoms with Crippen LogP contribution in [0.3, 0.4) is 0 Å². The lowest BCUT2D eigenvalue weighted by atomic mass is 10.2. The van der Waals surface area contributed by atoms with Crippen LogP contribution < -0.4 is 10.2 Å². The monoisotopic (exact) mass is 417 g/mol. The summed E-state index contributed by atoms with van der Waals surface area (Å²) in [5.74, 6) is 2.00.